The largest absolute Gasteiger partial charge is 0.494 e. The van der Waals surface area contributed by atoms with Gasteiger partial charge in [-0.15, -0.1) is 0 Å². The van der Waals surface area contributed by atoms with Crippen LogP contribution in [-0.2, 0) is 4.74 Å². The van der Waals surface area contributed by atoms with Gasteiger partial charge in [-0.25, -0.2) is 4.98 Å². The molecule has 0 radical (unpaired) electrons. The fourth-order valence-corrected chi connectivity index (χ4v) is 4.72. The van der Waals surface area contributed by atoms with E-state index in [0.717, 1.165) is 17.5 Å². The first-order valence-corrected chi connectivity index (χ1v) is 10.5. The van der Waals surface area contributed by atoms with Gasteiger partial charge in [-0.1, -0.05) is 46.7 Å². The number of anilines is 1. The highest BCUT2D eigenvalue weighted by molar-refractivity contribution is 7.23. The summed E-state index contributed by atoms with van der Waals surface area (Å²) < 4.78 is 12.0. The van der Waals surface area contributed by atoms with Gasteiger partial charge in [0.2, 0.25) is 0 Å². The van der Waals surface area contributed by atoms with E-state index in [2.05, 4.69) is 4.98 Å². The van der Waals surface area contributed by atoms with Crippen LogP contribution in [0.1, 0.15) is 23.2 Å². The number of ether oxygens (including phenoxy) is 2. The molecule has 0 spiro atoms. The van der Waals surface area contributed by atoms with Crippen molar-refractivity contribution in [2.45, 2.75) is 18.9 Å². The number of halogens is 2. The van der Waals surface area contributed by atoms with Crippen molar-refractivity contribution >= 4 is 55.8 Å². The summed E-state index contributed by atoms with van der Waals surface area (Å²) in [5.41, 5.74) is 1.07. The molecule has 1 saturated heterocycles. The summed E-state index contributed by atoms with van der Waals surface area (Å²) in [6.45, 7) is 1.11. The molecule has 1 atom stereocenters. The van der Waals surface area contributed by atoms with Crippen molar-refractivity contribution < 1.29 is 14.3 Å². The second kappa shape index (κ2) is 8.25. The van der Waals surface area contributed by atoms with Crippen molar-refractivity contribution in [1.82, 2.24) is 4.98 Å². The molecule has 2 heterocycles. The molecule has 1 unspecified atom stereocenters. The van der Waals surface area contributed by atoms with E-state index in [1.807, 2.05) is 0 Å². The van der Waals surface area contributed by atoms with E-state index in [-0.39, 0.29) is 12.0 Å². The molecule has 1 amide bonds. The zero-order valence-corrected chi connectivity index (χ0v) is 17.5. The average Bonchev–Trinajstić information content (AvgIpc) is 3.36. The molecular weight excluding hydrogens is 419 g/mol. The number of thiazole rings is 1. The number of methoxy groups -OCH3 is 1. The maximum Gasteiger partial charge on any atom is 0.261 e. The van der Waals surface area contributed by atoms with E-state index in [4.69, 9.17) is 32.7 Å². The number of hydrogen-bond acceptors (Lipinski definition) is 5. The van der Waals surface area contributed by atoms with E-state index in [1.165, 1.54) is 11.3 Å². The van der Waals surface area contributed by atoms with Gasteiger partial charge in [0.15, 0.2) is 5.13 Å². The van der Waals surface area contributed by atoms with Crippen LogP contribution in [0.2, 0.25) is 10.0 Å². The maximum atomic E-state index is 13.4. The molecule has 5 nitrogen and oxygen atoms in total. The molecule has 0 bridgehead atoms. The number of hydrogen-bond donors (Lipinski definition) is 0. The van der Waals surface area contributed by atoms with E-state index in [0.29, 0.717) is 45.2 Å². The van der Waals surface area contributed by atoms with Crippen molar-refractivity contribution in [3.8, 4) is 5.75 Å². The summed E-state index contributed by atoms with van der Waals surface area (Å²) in [6, 6.07) is 10.6. The van der Waals surface area contributed by atoms with Crippen LogP contribution in [-0.4, -0.2) is 37.3 Å². The van der Waals surface area contributed by atoms with Gasteiger partial charge in [-0.3, -0.25) is 9.69 Å². The molecule has 146 valence electrons. The van der Waals surface area contributed by atoms with Crippen LogP contribution < -0.4 is 9.64 Å². The highest BCUT2D eigenvalue weighted by atomic mass is 35.5. The van der Waals surface area contributed by atoms with Crippen molar-refractivity contribution in [1.29, 1.82) is 0 Å². The Morgan fingerprint density at radius 2 is 2.11 bits per heavy atom. The minimum atomic E-state index is -0.213. The molecule has 28 heavy (non-hydrogen) atoms. The lowest BCUT2D eigenvalue weighted by atomic mass is 10.1. The first kappa shape index (κ1) is 19.5. The van der Waals surface area contributed by atoms with Crippen LogP contribution in [0, 0.1) is 0 Å². The Morgan fingerprint density at radius 3 is 2.82 bits per heavy atom. The van der Waals surface area contributed by atoms with Gasteiger partial charge in [-0.05, 0) is 37.1 Å². The summed E-state index contributed by atoms with van der Waals surface area (Å²) in [7, 11) is 1.58. The van der Waals surface area contributed by atoms with Gasteiger partial charge in [0.25, 0.3) is 5.91 Å². The number of amides is 1. The highest BCUT2D eigenvalue weighted by Gasteiger charge is 2.28. The molecule has 0 N–H and O–H groups in total. The third-order valence-corrected chi connectivity index (χ3v) is 6.53. The number of fused-ring (bicyclic) bond motifs is 1. The molecule has 4 rings (SSSR count). The first-order chi connectivity index (χ1) is 13.6. The highest BCUT2D eigenvalue weighted by Crippen LogP contribution is 2.39. The number of carbonyl (C=O) groups excluding carboxylic acids is 1. The standard InChI is InChI=1S/C20H18Cl2N2O3S/c1-26-16-9-8-15(22)18-17(16)23-20(28-18)24(11-12-5-4-10-27-12)19(25)13-6-2-3-7-14(13)21/h2-3,6-9,12H,4-5,10-11H2,1H3. The van der Waals surface area contributed by atoms with Crippen LogP contribution in [0.5, 0.6) is 5.75 Å². The minimum Gasteiger partial charge on any atom is -0.494 e. The third kappa shape index (κ3) is 3.70. The van der Waals surface area contributed by atoms with Crippen molar-refractivity contribution in [2.75, 3.05) is 25.2 Å². The molecule has 2 aromatic carbocycles. The van der Waals surface area contributed by atoms with Gasteiger partial charge in [0.05, 0.1) is 40.1 Å². The Kier molecular flexibility index (Phi) is 5.73. The Morgan fingerprint density at radius 1 is 1.29 bits per heavy atom. The normalized spacial score (nSPS) is 16.5. The first-order valence-electron chi connectivity index (χ1n) is 8.89. The van der Waals surface area contributed by atoms with E-state index in [9.17, 15) is 4.79 Å². The van der Waals surface area contributed by atoms with Crippen LogP contribution in [0.4, 0.5) is 5.13 Å². The van der Waals surface area contributed by atoms with Gasteiger partial charge in [0.1, 0.15) is 11.3 Å². The summed E-state index contributed by atoms with van der Waals surface area (Å²) in [6.07, 6.45) is 1.86. The summed E-state index contributed by atoms with van der Waals surface area (Å²) in [5.74, 6) is 0.402. The van der Waals surface area contributed by atoms with Gasteiger partial charge >= 0.3 is 0 Å². The molecular formula is C20H18Cl2N2O3S. The van der Waals surface area contributed by atoms with Gasteiger partial charge < -0.3 is 9.47 Å². The zero-order chi connectivity index (χ0) is 19.7. The lowest BCUT2D eigenvalue weighted by molar-refractivity contribution is 0.0917. The Balaban J connectivity index is 1.79. The molecule has 1 fully saturated rings. The monoisotopic (exact) mass is 436 g/mol. The lowest BCUT2D eigenvalue weighted by Crippen LogP contribution is -2.37. The number of carbonyl (C=O) groups is 1. The molecule has 1 aromatic heterocycles. The summed E-state index contributed by atoms with van der Waals surface area (Å²) in [5, 5.41) is 1.52. The average molecular weight is 437 g/mol. The second-order valence-electron chi connectivity index (χ2n) is 6.45. The molecule has 0 saturated carbocycles. The molecule has 3 aromatic rings. The van der Waals surface area contributed by atoms with Crippen LogP contribution in [0.3, 0.4) is 0 Å². The summed E-state index contributed by atoms with van der Waals surface area (Å²) in [4.78, 5) is 19.7. The van der Waals surface area contributed by atoms with Crippen LogP contribution in [0.25, 0.3) is 10.2 Å². The number of aromatic nitrogens is 1. The molecule has 0 aliphatic carbocycles. The Labute approximate surface area is 176 Å². The number of benzene rings is 2. The number of nitrogens with zero attached hydrogens (tertiary/aromatic N) is 2. The lowest BCUT2D eigenvalue weighted by Gasteiger charge is -2.23. The SMILES string of the molecule is COc1ccc(Cl)c2sc(N(CC3CCCO3)C(=O)c3ccccc3Cl)nc12. The maximum absolute atomic E-state index is 13.4. The van der Waals surface area contributed by atoms with E-state index < -0.39 is 0 Å². The van der Waals surface area contributed by atoms with Gasteiger partial charge in [-0.2, -0.15) is 0 Å². The summed E-state index contributed by atoms with van der Waals surface area (Å²) >= 11 is 14.0. The zero-order valence-electron chi connectivity index (χ0n) is 15.2. The van der Waals surface area contributed by atoms with Crippen molar-refractivity contribution in [3.63, 3.8) is 0 Å². The molecule has 1 aliphatic heterocycles. The third-order valence-electron chi connectivity index (χ3n) is 4.66. The predicted molar refractivity (Wildman–Crippen MR) is 113 cm³/mol. The van der Waals surface area contributed by atoms with E-state index >= 15 is 0 Å². The van der Waals surface area contributed by atoms with Crippen LogP contribution >= 0.6 is 34.5 Å². The topological polar surface area (TPSA) is 51.7 Å². The Bertz CT molecular complexity index is 1020. The molecule has 8 heteroatoms. The van der Waals surface area contributed by atoms with Crippen molar-refractivity contribution in [2.24, 2.45) is 0 Å². The van der Waals surface area contributed by atoms with Crippen LogP contribution in [0.15, 0.2) is 36.4 Å². The predicted octanol–water partition coefficient (Wildman–Crippen LogP) is 5.44. The van der Waals surface area contributed by atoms with Gasteiger partial charge in [0, 0.05) is 6.61 Å². The smallest absolute Gasteiger partial charge is 0.261 e. The molecule has 1 aliphatic rings. The number of rotatable bonds is 5. The van der Waals surface area contributed by atoms with Crippen molar-refractivity contribution in [3.05, 3.63) is 52.0 Å². The Hall–Kier alpha value is -1.86. The minimum absolute atomic E-state index is 0.0317. The quantitative estimate of drug-likeness (QED) is 0.534. The van der Waals surface area contributed by atoms with E-state index in [1.54, 1.807) is 48.4 Å². The fraction of sp³-hybridized carbons (Fsp3) is 0.300. The second-order valence-corrected chi connectivity index (χ2v) is 8.25. The fourth-order valence-electron chi connectivity index (χ4n) is 3.24.